The topological polar surface area (TPSA) is 38.3 Å². The lowest BCUT2D eigenvalue weighted by molar-refractivity contribution is -0.140. The standard InChI is InChI=1S/C11H13F2NO2/c1-16-11(15)3-2-6-14-10-5-4-8(12)7-9(10)13/h4-5,7,14H,2-3,6H2,1H3. The van der Waals surface area contributed by atoms with E-state index in [1.807, 2.05) is 0 Å². The molecule has 1 N–H and O–H groups in total. The van der Waals surface area contributed by atoms with E-state index in [0.717, 1.165) is 6.07 Å². The zero-order chi connectivity index (χ0) is 12.0. The van der Waals surface area contributed by atoms with Gasteiger partial charge in [-0.25, -0.2) is 8.78 Å². The normalized spacial score (nSPS) is 9.94. The minimum Gasteiger partial charge on any atom is -0.469 e. The van der Waals surface area contributed by atoms with Gasteiger partial charge in [0.1, 0.15) is 11.6 Å². The fourth-order valence-corrected chi connectivity index (χ4v) is 1.19. The Kier molecular flexibility index (Phi) is 4.69. The van der Waals surface area contributed by atoms with Crippen molar-refractivity contribution in [3.63, 3.8) is 0 Å². The maximum atomic E-state index is 13.1. The highest BCUT2D eigenvalue weighted by Crippen LogP contribution is 2.14. The first-order valence-electron chi connectivity index (χ1n) is 4.89. The Balaban J connectivity index is 2.35. The van der Waals surface area contributed by atoms with Crippen LogP contribution in [-0.4, -0.2) is 19.6 Å². The third-order valence-corrected chi connectivity index (χ3v) is 2.03. The van der Waals surface area contributed by atoms with Crippen LogP contribution in [0, 0.1) is 11.6 Å². The Labute approximate surface area is 92.4 Å². The van der Waals surface area contributed by atoms with Crippen LogP contribution in [0.1, 0.15) is 12.8 Å². The summed E-state index contributed by atoms with van der Waals surface area (Å²) in [5.74, 6) is -1.56. The summed E-state index contributed by atoms with van der Waals surface area (Å²) >= 11 is 0. The lowest BCUT2D eigenvalue weighted by Crippen LogP contribution is -2.07. The average molecular weight is 229 g/mol. The van der Waals surface area contributed by atoms with Gasteiger partial charge in [0.2, 0.25) is 0 Å². The predicted molar refractivity (Wildman–Crippen MR) is 56.1 cm³/mol. The molecule has 0 aliphatic heterocycles. The van der Waals surface area contributed by atoms with E-state index in [9.17, 15) is 13.6 Å². The van der Waals surface area contributed by atoms with Crippen molar-refractivity contribution < 1.29 is 18.3 Å². The average Bonchev–Trinajstić information content (AvgIpc) is 2.26. The summed E-state index contributed by atoms with van der Waals surface area (Å²) in [5.41, 5.74) is 0.228. The lowest BCUT2D eigenvalue weighted by atomic mass is 10.2. The Bertz CT molecular complexity index is 369. The molecule has 0 spiro atoms. The number of methoxy groups -OCH3 is 1. The van der Waals surface area contributed by atoms with E-state index < -0.39 is 11.6 Å². The second-order valence-corrected chi connectivity index (χ2v) is 3.23. The molecule has 0 aliphatic carbocycles. The number of benzene rings is 1. The van der Waals surface area contributed by atoms with Crippen molar-refractivity contribution in [3.8, 4) is 0 Å². The number of rotatable bonds is 5. The molecule has 1 rings (SSSR count). The molecule has 0 saturated heterocycles. The first-order chi connectivity index (χ1) is 7.63. The van der Waals surface area contributed by atoms with Gasteiger partial charge in [0.25, 0.3) is 0 Å². The summed E-state index contributed by atoms with van der Waals surface area (Å²) in [4.78, 5) is 10.8. The first-order valence-corrected chi connectivity index (χ1v) is 4.89. The van der Waals surface area contributed by atoms with E-state index in [1.165, 1.54) is 19.2 Å². The molecule has 0 bridgehead atoms. The second-order valence-electron chi connectivity index (χ2n) is 3.23. The van der Waals surface area contributed by atoms with Crippen molar-refractivity contribution in [2.24, 2.45) is 0 Å². The van der Waals surface area contributed by atoms with Gasteiger partial charge in [-0.1, -0.05) is 0 Å². The molecule has 1 aromatic rings. The minimum absolute atomic E-state index is 0.228. The van der Waals surface area contributed by atoms with Gasteiger partial charge in [-0.15, -0.1) is 0 Å². The molecule has 0 aromatic heterocycles. The van der Waals surface area contributed by atoms with Crippen LogP contribution in [0.25, 0.3) is 0 Å². The fourth-order valence-electron chi connectivity index (χ4n) is 1.19. The molecular formula is C11H13F2NO2. The van der Waals surface area contributed by atoms with E-state index in [1.54, 1.807) is 0 Å². The van der Waals surface area contributed by atoms with Crippen molar-refractivity contribution in [3.05, 3.63) is 29.8 Å². The Hall–Kier alpha value is -1.65. The maximum absolute atomic E-state index is 13.1. The Morgan fingerprint density at radius 2 is 2.19 bits per heavy atom. The summed E-state index contributed by atoms with van der Waals surface area (Å²) in [5, 5.41) is 2.77. The van der Waals surface area contributed by atoms with Crippen LogP contribution >= 0.6 is 0 Å². The summed E-state index contributed by atoms with van der Waals surface area (Å²) in [6, 6.07) is 3.30. The predicted octanol–water partition coefficient (Wildman–Crippen LogP) is 2.33. The van der Waals surface area contributed by atoms with E-state index in [4.69, 9.17) is 0 Å². The van der Waals surface area contributed by atoms with E-state index >= 15 is 0 Å². The van der Waals surface area contributed by atoms with Crippen LogP contribution in [0.4, 0.5) is 14.5 Å². The summed E-state index contributed by atoms with van der Waals surface area (Å²) in [6.07, 6.45) is 0.801. The molecule has 0 heterocycles. The van der Waals surface area contributed by atoms with E-state index in [-0.39, 0.29) is 18.1 Å². The molecular weight excluding hydrogens is 216 g/mol. The molecule has 0 atom stereocenters. The minimum atomic E-state index is -0.641. The molecule has 16 heavy (non-hydrogen) atoms. The van der Waals surface area contributed by atoms with Crippen molar-refractivity contribution in [1.82, 2.24) is 0 Å². The molecule has 0 fully saturated rings. The molecule has 3 nitrogen and oxygen atoms in total. The number of carbonyl (C=O) groups is 1. The third kappa shape index (κ3) is 3.84. The molecule has 0 aliphatic rings. The number of nitrogens with one attached hydrogen (secondary N) is 1. The number of hydrogen-bond acceptors (Lipinski definition) is 3. The van der Waals surface area contributed by atoms with Gasteiger partial charge in [0.05, 0.1) is 12.8 Å². The maximum Gasteiger partial charge on any atom is 0.305 e. The zero-order valence-corrected chi connectivity index (χ0v) is 8.93. The highest BCUT2D eigenvalue weighted by Gasteiger charge is 2.03. The number of hydrogen-bond donors (Lipinski definition) is 1. The van der Waals surface area contributed by atoms with E-state index in [0.29, 0.717) is 13.0 Å². The van der Waals surface area contributed by atoms with Crippen molar-refractivity contribution in [2.75, 3.05) is 19.0 Å². The number of halogens is 2. The molecule has 88 valence electrons. The van der Waals surface area contributed by atoms with Crippen LogP contribution < -0.4 is 5.32 Å². The Morgan fingerprint density at radius 3 is 2.81 bits per heavy atom. The number of ether oxygens (including phenoxy) is 1. The highest BCUT2D eigenvalue weighted by molar-refractivity contribution is 5.69. The first kappa shape index (κ1) is 12.4. The molecule has 0 unspecified atom stereocenters. The summed E-state index contributed by atoms with van der Waals surface area (Å²) in [7, 11) is 1.31. The molecule has 0 radical (unpaired) electrons. The van der Waals surface area contributed by atoms with Crippen LogP contribution in [0.5, 0.6) is 0 Å². The van der Waals surface area contributed by atoms with Crippen molar-refractivity contribution in [2.45, 2.75) is 12.8 Å². The van der Waals surface area contributed by atoms with Gasteiger partial charge in [0.15, 0.2) is 0 Å². The molecule has 0 amide bonds. The molecule has 0 saturated carbocycles. The van der Waals surface area contributed by atoms with Gasteiger partial charge in [-0.2, -0.15) is 0 Å². The van der Waals surface area contributed by atoms with Gasteiger partial charge in [-0.05, 0) is 18.6 Å². The number of carbonyl (C=O) groups excluding carboxylic acids is 1. The van der Waals surface area contributed by atoms with Crippen molar-refractivity contribution in [1.29, 1.82) is 0 Å². The van der Waals surface area contributed by atoms with Gasteiger partial charge in [-0.3, -0.25) is 4.79 Å². The SMILES string of the molecule is COC(=O)CCCNc1ccc(F)cc1F. The molecule has 5 heteroatoms. The fraction of sp³-hybridized carbons (Fsp3) is 0.364. The highest BCUT2D eigenvalue weighted by atomic mass is 19.1. The third-order valence-electron chi connectivity index (χ3n) is 2.03. The zero-order valence-electron chi connectivity index (χ0n) is 8.93. The summed E-state index contributed by atoms with van der Waals surface area (Å²) < 4.78 is 30.1. The molecule has 1 aromatic carbocycles. The quantitative estimate of drug-likeness (QED) is 0.622. The van der Waals surface area contributed by atoms with Gasteiger partial charge >= 0.3 is 5.97 Å². The van der Waals surface area contributed by atoms with Crippen LogP contribution in [0.2, 0.25) is 0 Å². The van der Waals surface area contributed by atoms with Crippen LogP contribution in [0.3, 0.4) is 0 Å². The van der Waals surface area contributed by atoms with E-state index in [2.05, 4.69) is 10.1 Å². The van der Waals surface area contributed by atoms with Crippen LogP contribution in [0.15, 0.2) is 18.2 Å². The number of anilines is 1. The smallest absolute Gasteiger partial charge is 0.305 e. The largest absolute Gasteiger partial charge is 0.469 e. The van der Waals surface area contributed by atoms with Gasteiger partial charge in [0, 0.05) is 19.0 Å². The van der Waals surface area contributed by atoms with Gasteiger partial charge < -0.3 is 10.1 Å². The second kappa shape index (κ2) is 6.05. The Morgan fingerprint density at radius 1 is 1.44 bits per heavy atom. The lowest BCUT2D eigenvalue weighted by Gasteiger charge is -2.06. The number of esters is 1. The van der Waals surface area contributed by atoms with Crippen LogP contribution in [-0.2, 0) is 9.53 Å². The summed E-state index contributed by atoms with van der Waals surface area (Å²) in [6.45, 7) is 0.428. The van der Waals surface area contributed by atoms with Crippen molar-refractivity contribution >= 4 is 11.7 Å². The monoisotopic (exact) mass is 229 g/mol.